The highest BCUT2D eigenvalue weighted by Gasteiger charge is 2.14. The highest BCUT2D eigenvalue weighted by atomic mass is 16.5. The maximum absolute atomic E-state index is 12.3. The lowest BCUT2D eigenvalue weighted by atomic mass is 10.1. The molecule has 1 aromatic heterocycles. The lowest BCUT2D eigenvalue weighted by Crippen LogP contribution is -2.16. The molecule has 3 aromatic carbocycles. The Kier molecular flexibility index (Phi) is 5.75. The van der Waals surface area contributed by atoms with Crippen LogP contribution in [0.25, 0.3) is 11.0 Å². The lowest BCUT2D eigenvalue weighted by molar-refractivity contribution is 0.0469. The van der Waals surface area contributed by atoms with Crippen molar-refractivity contribution in [2.45, 2.75) is 0 Å². The van der Waals surface area contributed by atoms with Crippen molar-refractivity contribution in [3.63, 3.8) is 0 Å². The number of rotatable bonds is 6. The van der Waals surface area contributed by atoms with Gasteiger partial charge in [0.15, 0.2) is 18.1 Å². The van der Waals surface area contributed by atoms with Crippen LogP contribution in [0.4, 0.5) is 5.69 Å². The number of benzene rings is 3. The van der Waals surface area contributed by atoms with Gasteiger partial charge in [-0.25, -0.2) is 9.78 Å². The van der Waals surface area contributed by atoms with Crippen LogP contribution in [-0.2, 0) is 4.74 Å². The van der Waals surface area contributed by atoms with E-state index in [2.05, 4.69) is 15.3 Å². The first-order valence-electron chi connectivity index (χ1n) is 9.49. The summed E-state index contributed by atoms with van der Waals surface area (Å²) in [5.74, 6) is -1.34. The molecule has 0 radical (unpaired) electrons. The molecule has 0 saturated carbocycles. The van der Waals surface area contributed by atoms with Gasteiger partial charge < -0.3 is 10.1 Å². The van der Waals surface area contributed by atoms with Crippen molar-refractivity contribution in [3.05, 3.63) is 102 Å². The highest BCUT2D eigenvalue weighted by Crippen LogP contribution is 2.13. The molecule has 152 valence electrons. The first-order valence-corrected chi connectivity index (χ1v) is 9.49. The second-order valence-corrected chi connectivity index (χ2v) is 6.64. The SMILES string of the molecule is O=C(COC(=O)c1cnc2ccccc2n1)c1ccc(NC(=O)c2ccccc2)cc1. The number of nitrogens with one attached hydrogen (secondary N) is 1. The van der Waals surface area contributed by atoms with Crippen LogP contribution in [0.1, 0.15) is 31.2 Å². The van der Waals surface area contributed by atoms with Crippen LogP contribution in [0.2, 0.25) is 0 Å². The number of aromatic nitrogens is 2. The van der Waals surface area contributed by atoms with Crippen molar-refractivity contribution in [1.29, 1.82) is 0 Å². The third-order valence-corrected chi connectivity index (χ3v) is 4.49. The monoisotopic (exact) mass is 411 g/mol. The fraction of sp³-hybridized carbons (Fsp3) is 0.0417. The maximum Gasteiger partial charge on any atom is 0.359 e. The summed E-state index contributed by atoms with van der Waals surface area (Å²) < 4.78 is 5.09. The van der Waals surface area contributed by atoms with Crippen LogP contribution < -0.4 is 5.32 Å². The molecule has 4 aromatic rings. The quantitative estimate of drug-likeness (QED) is 0.381. The first-order chi connectivity index (χ1) is 15.1. The zero-order valence-electron chi connectivity index (χ0n) is 16.3. The molecule has 7 nitrogen and oxygen atoms in total. The number of ketones is 1. The van der Waals surface area contributed by atoms with E-state index in [4.69, 9.17) is 4.74 Å². The van der Waals surface area contributed by atoms with Crippen molar-refractivity contribution < 1.29 is 19.1 Å². The van der Waals surface area contributed by atoms with Crippen molar-refractivity contribution in [3.8, 4) is 0 Å². The number of carbonyl (C=O) groups excluding carboxylic acids is 3. The van der Waals surface area contributed by atoms with Gasteiger partial charge in [0.2, 0.25) is 0 Å². The summed E-state index contributed by atoms with van der Waals surface area (Å²) >= 11 is 0. The molecule has 0 unspecified atom stereocenters. The molecule has 0 saturated heterocycles. The Hall–Kier alpha value is -4.39. The van der Waals surface area contributed by atoms with Crippen LogP contribution in [0.3, 0.4) is 0 Å². The molecule has 31 heavy (non-hydrogen) atoms. The van der Waals surface area contributed by atoms with Gasteiger partial charge in [0.05, 0.1) is 17.2 Å². The summed E-state index contributed by atoms with van der Waals surface area (Å²) in [7, 11) is 0. The number of amides is 1. The van der Waals surface area contributed by atoms with Crippen LogP contribution in [0.15, 0.2) is 85.1 Å². The zero-order valence-corrected chi connectivity index (χ0v) is 16.3. The fourth-order valence-corrected chi connectivity index (χ4v) is 2.88. The minimum absolute atomic E-state index is 0.0328. The summed E-state index contributed by atoms with van der Waals surface area (Å²) in [6, 6.07) is 22.3. The highest BCUT2D eigenvalue weighted by molar-refractivity contribution is 6.05. The number of carbonyl (C=O) groups is 3. The van der Waals surface area contributed by atoms with Crippen LogP contribution >= 0.6 is 0 Å². The summed E-state index contributed by atoms with van der Waals surface area (Å²) in [5.41, 5.74) is 2.70. The summed E-state index contributed by atoms with van der Waals surface area (Å²) in [6.07, 6.45) is 1.32. The van der Waals surface area contributed by atoms with Gasteiger partial charge in [0.1, 0.15) is 0 Å². The van der Waals surface area contributed by atoms with E-state index in [-0.39, 0.29) is 17.4 Å². The van der Waals surface area contributed by atoms with Gasteiger partial charge in [0.25, 0.3) is 5.91 Å². The average Bonchev–Trinajstić information content (AvgIpc) is 2.83. The van der Waals surface area contributed by atoms with E-state index in [1.807, 2.05) is 12.1 Å². The van der Waals surface area contributed by atoms with E-state index in [0.717, 1.165) is 0 Å². The summed E-state index contributed by atoms with van der Waals surface area (Å²) in [6.45, 7) is -0.428. The maximum atomic E-state index is 12.3. The van der Waals surface area contributed by atoms with E-state index >= 15 is 0 Å². The Bertz CT molecular complexity index is 1250. The number of ether oxygens (including phenoxy) is 1. The van der Waals surface area contributed by atoms with E-state index in [1.54, 1.807) is 66.7 Å². The Balaban J connectivity index is 1.35. The number of hydrogen-bond acceptors (Lipinski definition) is 6. The Labute approximate surface area is 177 Å². The zero-order chi connectivity index (χ0) is 21.6. The van der Waals surface area contributed by atoms with Gasteiger partial charge in [-0.2, -0.15) is 0 Å². The predicted octanol–water partition coefficient (Wildman–Crippen LogP) is 3.92. The number of para-hydroxylation sites is 2. The van der Waals surface area contributed by atoms with E-state index in [0.29, 0.717) is 27.8 Å². The Morgan fingerprint density at radius 1 is 0.774 bits per heavy atom. The molecule has 0 fully saturated rings. The van der Waals surface area contributed by atoms with Crippen molar-refractivity contribution in [1.82, 2.24) is 9.97 Å². The molecule has 4 rings (SSSR count). The van der Waals surface area contributed by atoms with Crippen LogP contribution in [-0.4, -0.2) is 34.2 Å². The molecule has 0 atom stereocenters. The van der Waals surface area contributed by atoms with Crippen molar-refractivity contribution in [2.75, 3.05) is 11.9 Å². The molecule has 0 aliphatic heterocycles. The third-order valence-electron chi connectivity index (χ3n) is 4.49. The first kappa shape index (κ1) is 19.9. The minimum Gasteiger partial charge on any atom is -0.453 e. The molecular weight excluding hydrogens is 394 g/mol. The molecule has 7 heteroatoms. The number of nitrogens with zero attached hydrogens (tertiary/aromatic N) is 2. The second-order valence-electron chi connectivity index (χ2n) is 6.64. The number of Topliss-reactive ketones (excluding diaryl/α,β-unsaturated/α-hetero) is 1. The number of hydrogen-bond donors (Lipinski definition) is 1. The van der Waals surface area contributed by atoms with Gasteiger partial charge in [0, 0.05) is 16.8 Å². The molecule has 0 bridgehead atoms. The van der Waals surface area contributed by atoms with Crippen LogP contribution in [0, 0.1) is 0 Å². The summed E-state index contributed by atoms with van der Waals surface area (Å²) in [5, 5.41) is 2.76. The molecule has 1 amide bonds. The molecule has 0 aliphatic rings. The van der Waals surface area contributed by atoms with Gasteiger partial charge >= 0.3 is 5.97 Å². The molecule has 1 heterocycles. The van der Waals surface area contributed by atoms with Crippen LogP contribution in [0.5, 0.6) is 0 Å². The van der Waals surface area contributed by atoms with E-state index in [1.165, 1.54) is 6.20 Å². The Morgan fingerprint density at radius 3 is 2.19 bits per heavy atom. The van der Waals surface area contributed by atoms with Gasteiger partial charge in [-0.05, 0) is 48.5 Å². The smallest absolute Gasteiger partial charge is 0.359 e. The predicted molar refractivity (Wildman–Crippen MR) is 115 cm³/mol. The molecular formula is C24H17N3O4. The van der Waals surface area contributed by atoms with Crippen molar-refractivity contribution >= 4 is 34.4 Å². The number of esters is 1. The number of fused-ring (bicyclic) bond motifs is 1. The topological polar surface area (TPSA) is 98.2 Å². The molecule has 0 aliphatic carbocycles. The van der Waals surface area contributed by atoms with E-state index in [9.17, 15) is 14.4 Å². The van der Waals surface area contributed by atoms with Crippen molar-refractivity contribution in [2.24, 2.45) is 0 Å². The standard InChI is InChI=1S/C24H17N3O4/c28-22(15-31-24(30)21-14-25-19-8-4-5-9-20(19)27-21)16-10-12-18(13-11-16)26-23(29)17-6-2-1-3-7-17/h1-14H,15H2,(H,26,29). The Morgan fingerprint density at radius 2 is 1.45 bits per heavy atom. The fourth-order valence-electron chi connectivity index (χ4n) is 2.88. The largest absolute Gasteiger partial charge is 0.453 e. The average molecular weight is 411 g/mol. The van der Waals surface area contributed by atoms with Gasteiger partial charge in [-0.3, -0.25) is 14.6 Å². The summed E-state index contributed by atoms with van der Waals surface area (Å²) in [4.78, 5) is 45.1. The molecule has 0 spiro atoms. The van der Waals surface area contributed by atoms with E-state index < -0.39 is 12.6 Å². The van der Waals surface area contributed by atoms with Gasteiger partial charge in [-0.15, -0.1) is 0 Å². The lowest BCUT2D eigenvalue weighted by Gasteiger charge is -2.07. The minimum atomic E-state index is -0.724. The number of anilines is 1. The third kappa shape index (κ3) is 4.79. The van der Waals surface area contributed by atoms with Gasteiger partial charge in [-0.1, -0.05) is 30.3 Å². The second kappa shape index (κ2) is 8.96. The molecule has 1 N–H and O–H groups in total. The normalized spacial score (nSPS) is 10.5.